The molecule has 2 saturated heterocycles. The highest BCUT2D eigenvalue weighted by Crippen LogP contribution is 2.21. The van der Waals surface area contributed by atoms with E-state index >= 15 is 0 Å². The van der Waals surface area contributed by atoms with E-state index in [1.807, 2.05) is 12.1 Å². The lowest BCUT2D eigenvalue weighted by Crippen LogP contribution is -3.29. The molecule has 5 nitrogen and oxygen atoms in total. The van der Waals surface area contributed by atoms with Gasteiger partial charge >= 0.3 is 0 Å². The Bertz CT molecular complexity index is 663. The van der Waals surface area contributed by atoms with E-state index in [0.717, 1.165) is 51.4 Å². The third-order valence-corrected chi connectivity index (χ3v) is 6.30. The molecule has 3 atom stereocenters. The molecule has 1 amide bonds. The number of amides is 1. The zero-order valence-corrected chi connectivity index (χ0v) is 17.0. The molecule has 0 radical (unpaired) electrons. The van der Waals surface area contributed by atoms with Gasteiger partial charge in [-0.3, -0.25) is 4.79 Å². The van der Waals surface area contributed by atoms with Gasteiger partial charge in [-0.05, 0) is 37.3 Å². The number of piperidine rings is 1. The Hall–Kier alpha value is -1.90. The second-order valence-electron chi connectivity index (χ2n) is 8.80. The van der Waals surface area contributed by atoms with Crippen molar-refractivity contribution in [1.29, 1.82) is 5.26 Å². The molecule has 2 aliphatic heterocycles. The fourth-order valence-electron chi connectivity index (χ4n) is 4.81. The van der Waals surface area contributed by atoms with Gasteiger partial charge in [0, 0.05) is 18.7 Å². The second-order valence-corrected chi connectivity index (χ2v) is 8.80. The zero-order chi connectivity index (χ0) is 19.4. The summed E-state index contributed by atoms with van der Waals surface area (Å²) < 4.78 is 0. The summed E-state index contributed by atoms with van der Waals surface area (Å²) in [6, 6.07) is 10.2. The van der Waals surface area contributed by atoms with Crippen molar-refractivity contribution in [3.63, 3.8) is 0 Å². The molecule has 1 aromatic rings. The second kappa shape index (κ2) is 8.86. The monoisotopic (exact) mass is 370 g/mol. The lowest BCUT2D eigenvalue weighted by atomic mass is 9.91. The van der Waals surface area contributed by atoms with Crippen LogP contribution in [-0.4, -0.2) is 56.1 Å². The largest absolute Gasteiger partial charge is 0.337 e. The van der Waals surface area contributed by atoms with Crippen molar-refractivity contribution in [3.05, 3.63) is 35.4 Å². The van der Waals surface area contributed by atoms with E-state index in [0.29, 0.717) is 17.7 Å². The number of piperazine rings is 1. The van der Waals surface area contributed by atoms with Gasteiger partial charge in [0.05, 0.1) is 11.6 Å². The number of hydrogen-bond acceptors (Lipinski definition) is 2. The number of rotatable bonds is 4. The maximum Gasteiger partial charge on any atom is 0.280 e. The summed E-state index contributed by atoms with van der Waals surface area (Å²) in [6.07, 6.45) is 1.24. The Kier molecular flexibility index (Phi) is 6.51. The van der Waals surface area contributed by atoms with Crippen LogP contribution in [0.3, 0.4) is 0 Å². The fourth-order valence-corrected chi connectivity index (χ4v) is 4.81. The molecule has 5 heteroatoms. The van der Waals surface area contributed by atoms with E-state index in [1.165, 1.54) is 16.9 Å². The van der Waals surface area contributed by atoms with Gasteiger partial charge in [-0.25, -0.2) is 0 Å². The Morgan fingerprint density at radius 3 is 2.30 bits per heavy atom. The summed E-state index contributed by atoms with van der Waals surface area (Å²) in [6.45, 7) is 13.8. The minimum absolute atomic E-state index is 0.0685. The first kappa shape index (κ1) is 19.9. The molecule has 3 rings (SSSR count). The van der Waals surface area contributed by atoms with Crippen molar-refractivity contribution < 1.29 is 14.6 Å². The maximum absolute atomic E-state index is 13.0. The molecule has 0 spiro atoms. The van der Waals surface area contributed by atoms with Crippen LogP contribution < -0.4 is 9.80 Å². The van der Waals surface area contributed by atoms with Crippen molar-refractivity contribution in [3.8, 4) is 6.07 Å². The minimum atomic E-state index is 0.0685. The maximum atomic E-state index is 13.0. The van der Waals surface area contributed by atoms with E-state index in [2.05, 4.69) is 43.9 Å². The SMILES string of the molecule is C[C@H]1C[C@H](C)CN(C(=O)[C@@H](C)[NH+]2CC[NH+](Cc3ccc(C#N)cc3)CC2)C1. The van der Waals surface area contributed by atoms with Crippen molar-refractivity contribution in [2.75, 3.05) is 39.3 Å². The summed E-state index contributed by atoms with van der Waals surface area (Å²) in [7, 11) is 0. The number of quaternary nitrogens is 2. The summed E-state index contributed by atoms with van der Waals surface area (Å²) in [5, 5.41) is 8.91. The molecule has 0 aliphatic carbocycles. The van der Waals surface area contributed by atoms with Gasteiger partial charge in [-0.1, -0.05) is 26.0 Å². The fraction of sp³-hybridized carbons (Fsp3) is 0.636. The highest BCUT2D eigenvalue weighted by molar-refractivity contribution is 5.80. The molecule has 0 unspecified atom stereocenters. The highest BCUT2D eigenvalue weighted by Gasteiger charge is 2.35. The van der Waals surface area contributed by atoms with E-state index < -0.39 is 0 Å². The minimum Gasteiger partial charge on any atom is -0.337 e. The molecule has 2 aliphatic rings. The molecule has 27 heavy (non-hydrogen) atoms. The van der Waals surface area contributed by atoms with E-state index in [1.54, 1.807) is 4.90 Å². The number of likely N-dealkylation sites (tertiary alicyclic amines) is 1. The number of hydrogen-bond donors (Lipinski definition) is 2. The van der Waals surface area contributed by atoms with Gasteiger partial charge in [0.25, 0.3) is 5.91 Å². The van der Waals surface area contributed by atoms with Crippen LogP contribution in [0, 0.1) is 23.2 Å². The van der Waals surface area contributed by atoms with Crippen molar-refractivity contribution in [1.82, 2.24) is 4.90 Å². The molecule has 2 heterocycles. The molecular formula is C22H34N4O+2. The number of carbonyl (C=O) groups is 1. The smallest absolute Gasteiger partial charge is 0.280 e. The highest BCUT2D eigenvalue weighted by atomic mass is 16.2. The average molecular weight is 371 g/mol. The Morgan fingerprint density at radius 1 is 1.15 bits per heavy atom. The molecule has 146 valence electrons. The normalized spacial score (nSPS) is 29.8. The number of carbonyl (C=O) groups excluding carboxylic acids is 1. The van der Waals surface area contributed by atoms with Crippen LogP contribution in [0.5, 0.6) is 0 Å². The number of nitrogens with one attached hydrogen (secondary N) is 2. The Morgan fingerprint density at radius 2 is 1.74 bits per heavy atom. The van der Waals surface area contributed by atoms with E-state index in [9.17, 15) is 4.79 Å². The predicted octanol–water partition coefficient (Wildman–Crippen LogP) is -0.265. The lowest BCUT2D eigenvalue weighted by Gasteiger charge is -2.38. The summed E-state index contributed by atoms with van der Waals surface area (Å²) in [5.74, 6) is 1.58. The summed E-state index contributed by atoms with van der Waals surface area (Å²) in [4.78, 5) is 18.1. The van der Waals surface area contributed by atoms with Crippen LogP contribution in [0.15, 0.2) is 24.3 Å². The van der Waals surface area contributed by atoms with Crippen LogP contribution in [-0.2, 0) is 11.3 Å². The third kappa shape index (κ3) is 5.09. The number of nitriles is 1. The van der Waals surface area contributed by atoms with Gasteiger partial charge in [-0.15, -0.1) is 0 Å². The summed E-state index contributed by atoms with van der Waals surface area (Å²) in [5.41, 5.74) is 2.00. The Balaban J connectivity index is 1.49. The standard InChI is InChI=1S/C22H32N4O/c1-17-12-18(2)15-26(14-17)22(27)19(3)25-10-8-24(9-11-25)16-21-6-4-20(13-23)5-7-21/h4-7,17-19H,8-12,14-16H2,1-3H3/p+2/t17-,18-,19+/m0/s1. The number of benzene rings is 1. The average Bonchev–Trinajstić information content (AvgIpc) is 2.67. The van der Waals surface area contributed by atoms with Gasteiger partial charge in [0.15, 0.2) is 6.04 Å². The van der Waals surface area contributed by atoms with Gasteiger partial charge in [0.1, 0.15) is 32.7 Å². The van der Waals surface area contributed by atoms with Crippen LogP contribution in [0.25, 0.3) is 0 Å². The van der Waals surface area contributed by atoms with Gasteiger partial charge in [0.2, 0.25) is 0 Å². The molecule has 0 bridgehead atoms. The van der Waals surface area contributed by atoms with Crippen molar-refractivity contribution >= 4 is 5.91 Å². The molecule has 0 saturated carbocycles. The lowest BCUT2D eigenvalue weighted by molar-refractivity contribution is -1.02. The molecule has 2 fully saturated rings. The quantitative estimate of drug-likeness (QED) is 0.767. The zero-order valence-electron chi connectivity index (χ0n) is 17.0. The first-order chi connectivity index (χ1) is 13.0. The topological polar surface area (TPSA) is 53.0 Å². The van der Waals surface area contributed by atoms with Crippen LogP contribution in [0.1, 0.15) is 38.3 Å². The van der Waals surface area contributed by atoms with Gasteiger partial charge in [-0.2, -0.15) is 5.26 Å². The number of nitrogens with zero attached hydrogens (tertiary/aromatic N) is 2. The Labute approximate surface area is 163 Å². The van der Waals surface area contributed by atoms with E-state index in [4.69, 9.17) is 5.26 Å². The van der Waals surface area contributed by atoms with Gasteiger partial charge < -0.3 is 14.7 Å². The molecule has 0 aromatic heterocycles. The van der Waals surface area contributed by atoms with Crippen molar-refractivity contribution in [2.24, 2.45) is 11.8 Å². The molecule has 1 aromatic carbocycles. The molecular weight excluding hydrogens is 336 g/mol. The van der Waals surface area contributed by atoms with E-state index in [-0.39, 0.29) is 6.04 Å². The third-order valence-electron chi connectivity index (χ3n) is 6.30. The summed E-state index contributed by atoms with van der Waals surface area (Å²) >= 11 is 0. The van der Waals surface area contributed by atoms with Crippen LogP contribution >= 0.6 is 0 Å². The van der Waals surface area contributed by atoms with Crippen molar-refractivity contribution in [2.45, 2.75) is 39.8 Å². The molecule has 2 N–H and O–H groups in total. The first-order valence-electron chi connectivity index (χ1n) is 10.4. The first-order valence-corrected chi connectivity index (χ1v) is 10.4. The van der Waals surface area contributed by atoms with Crippen LogP contribution in [0.2, 0.25) is 0 Å². The van der Waals surface area contributed by atoms with Crippen LogP contribution in [0.4, 0.5) is 0 Å². The predicted molar refractivity (Wildman–Crippen MR) is 105 cm³/mol.